The minimum atomic E-state index is -0.717. The zero-order valence-corrected chi connectivity index (χ0v) is 16.6. The summed E-state index contributed by atoms with van der Waals surface area (Å²) in [5.74, 6) is -0.428. The molecule has 148 valence electrons. The molecular formula is C22H27N3O3. The average Bonchev–Trinajstić information content (AvgIpc) is 2.90. The SMILES string of the molecule is Cc1cc(C)n(C)c(=O)c1C(=O)N[C@H]1c2ccccc2C2(CCNCC2)[C@@H]1O. The number of nitrogens with zero attached hydrogens (tertiary/aromatic N) is 1. The number of fused-ring (bicyclic) bond motifs is 2. The van der Waals surface area contributed by atoms with Gasteiger partial charge in [0.1, 0.15) is 5.56 Å². The van der Waals surface area contributed by atoms with Crippen molar-refractivity contribution in [2.24, 2.45) is 7.05 Å². The van der Waals surface area contributed by atoms with E-state index in [1.165, 1.54) is 4.57 Å². The van der Waals surface area contributed by atoms with E-state index in [-0.39, 0.29) is 16.5 Å². The normalized spacial score (nSPS) is 22.9. The van der Waals surface area contributed by atoms with Crippen LogP contribution in [0.4, 0.5) is 0 Å². The van der Waals surface area contributed by atoms with Crippen LogP contribution in [0, 0.1) is 13.8 Å². The molecule has 6 heteroatoms. The van der Waals surface area contributed by atoms with E-state index in [2.05, 4.69) is 16.7 Å². The van der Waals surface area contributed by atoms with Crippen LogP contribution in [0.25, 0.3) is 0 Å². The number of benzene rings is 1. The second-order valence-corrected chi connectivity index (χ2v) is 8.10. The maximum atomic E-state index is 13.1. The van der Waals surface area contributed by atoms with Crippen LogP contribution < -0.4 is 16.2 Å². The zero-order valence-electron chi connectivity index (χ0n) is 16.6. The standard InChI is InChI=1S/C22H27N3O3/c1-13-12-14(2)25(3)21(28)17(13)20(27)24-18-15-6-4-5-7-16(15)22(19(18)26)8-10-23-11-9-22/h4-7,12,18-19,23,26H,8-11H2,1-3H3,(H,24,27)/t18-,19+/m0/s1. The lowest BCUT2D eigenvalue weighted by Crippen LogP contribution is -2.49. The van der Waals surface area contributed by atoms with E-state index in [9.17, 15) is 14.7 Å². The van der Waals surface area contributed by atoms with Crippen LogP contribution in [0.15, 0.2) is 35.1 Å². The van der Waals surface area contributed by atoms with Crippen molar-refractivity contribution in [1.82, 2.24) is 15.2 Å². The number of amides is 1. The lowest BCUT2D eigenvalue weighted by molar-refractivity contribution is 0.0417. The van der Waals surface area contributed by atoms with Crippen molar-refractivity contribution in [2.45, 2.75) is 44.2 Å². The number of aliphatic hydroxyl groups is 1. The highest BCUT2D eigenvalue weighted by atomic mass is 16.3. The van der Waals surface area contributed by atoms with Crippen LogP contribution in [0.5, 0.6) is 0 Å². The predicted molar refractivity (Wildman–Crippen MR) is 108 cm³/mol. The lowest BCUT2D eigenvalue weighted by Gasteiger charge is -2.38. The molecule has 1 amide bonds. The summed E-state index contributed by atoms with van der Waals surface area (Å²) in [6, 6.07) is 9.27. The summed E-state index contributed by atoms with van der Waals surface area (Å²) in [6.45, 7) is 5.29. The number of carbonyl (C=O) groups is 1. The van der Waals surface area contributed by atoms with Gasteiger partial charge in [0.15, 0.2) is 0 Å². The molecular weight excluding hydrogens is 354 g/mol. The molecule has 0 saturated carbocycles. The van der Waals surface area contributed by atoms with Gasteiger partial charge in [-0.1, -0.05) is 24.3 Å². The quantitative estimate of drug-likeness (QED) is 0.736. The molecule has 6 nitrogen and oxygen atoms in total. The van der Waals surface area contributed by atoms with Crippen molar-refractivity contribution < 1.29 is 9.90 Å². The zero-order chi connectivity index (χ0) is 20.1. The summed E-state index contributed by atoms with van der Waals surface area (Å²) in [5.41, 5.74) is 2.99. The van der Waals surface area contributed by atoms with Crippen molar-refractivity contribution in [3.05, 3.63) is 68.6 Å². The Kier molecular flexibility index (Phi) is 4.63. The van der Waals surface area contributed by atoms with Crippen molar-refractivity contribution >= 4 is 5.91 Å². The molecule has 3 N–H and O–H groups in total. The molecule has 1 aliphatic heterocycles. The van der Waals surface area contributed by atoms with E-state index in [4.69, 9.17) is 0 Å². The average molecular weight is 381 g/mol. The molecule has 0 bridgehead atoms. The van der Waals surface area contributed by atoms with E-state index in [1.54, 1.807) is 14.0 Å². The number of carbonyl (C=O) groups excluding carboxylic acids is 1. The van der Waals surface area contributed by atoms with E-state index < -0.39 is 18.1 Å². The highest BCUT2D eigenvalue weighted by Gasteiger charge is 2.52. The Morgan fingerprint density at radius 1 is 1.25 bits per heavy atom. The van der Waals surface area contributed by atoms with Crippen molar-refractivity contribution in [2.75, 3.05) is 13.1 Å². The molecule has 0 unspecified atom stereocenters. The van der Waals surface area contributed by atoms with E-state index in [0.717, 1.165) is 42.8 Å². The Morgan fingerprint density at radius 3 is 2.64 bits per heavy atom. The molecule has 2 aromatic rings. The smallest absolute Gasteiger partial charge is 0.263 e. The minimum Gasteiger partial charge on any atom is -0.390 e. The fraction of sp³-hybridized carbons (Fsp3) is 0.455. The van der Waals surface area contributed by atoms with Gasteiger partial charge >= 0.3 is 0 Å². The highest BCUT2D eigenvalue weighted by Crippen LogP contribution is 2.50. The number of aliphatic hydroxyl groups excluding tert-OH is 1. The third-order valence-electron chi connectivity index (χ3n) is 6.59. The molecule has 1 saturated heterocycles. The fourth-order valence-corrected chi connectivity index (χ4v) is 4.93. The van der Waals surface area contributed by atoms with E-state index in [1.807, 2.05) is 31.2 Å². The maximum Gasteiger partial charge on any atom is 0.263 e. The molecule has 1 aromatic carbocycles. The Morgan fingerprint density at radius 2 is 1.93 bits per heavy atom. The van der Waals surface area contributed by atoms with Gasteiger partial charge in [-0.05, 0) is 62.5 Å². The summed E-state index contributed by atoms with van der Waals surface area (Å²) >= 11 is 0. The van der Waals surface area contributed by atoms with Crippen LogP contribution >= 0.6 is 0 Å². The Hall–Kier alpha value is -2.44. The monoisotopic (exact) mass is 381 g/mol. The number of piperidine rings is 1. The molecule has 0 radical (unpaired) electrons. The fourth-order valence-electron chi connectivity index (χ4n) is 4.93. The molecule has 2 heterocycles. The molecule has 1 spiro atoms. The molecule has 1 aromatic heterocycles. The first-order valence-corrected chi connectivity index (χ1v) is 9.83. The first kappa shape index (κ1) is 18.9. The summed E-state index contributed by atoms with van der Waals surface area (Å²) in [5, 5.41) is 17.6. The summed E-state index contributed by atoms with van der Waals surface area (Å²) in [6.07, 6.45) is 0.928. The van der Waals surface area contributed by atoms with Crippen molar-refractivity contribution in [3.8, 4) is 0 Å². The van der Waals surface area contributed by atoms with Crippen molar-refractivity contribution in [1.29, 1.82) is 0 Å². The van der Waals surface area contributed by atoms with E-state index in [0.29, 0.717) is 5.56 Å². The molecule has 28 heavy (non-hydrogen) atoms. The van der Waals surface area contributed by atoms with Crippen LogP contribution in [-0.2, 0) is 12.5 Å². The molecule has 1 fully saturated rings. The summed E-state index contributed by atoms with van der Waals surface area (Å²) < 4.78 is 1.48. The van der Waals surface area contributed by atoms with Gasteiger partial charge in [-0.2, -0.15) is 0 Å². The number of aromatic nitrogens is 1. The number of hydrogen-bond donors (Lipinski definition) is 3. The predicted octanol–water partition coefficient (Wildman–Crippen LogP) is 1.47. The van der Waals surface area contributed by atoms with Crippen LogP contribution in [0.1, 0.15) is 51.6 Å². The van der Waals surface area contributed by atoms with Gasteiger partial charge in [0.2, 0.25) is 0 Å². The van der Waals surface area contributed by atoms with Gasteiger partial charge < -0.3 is 20.3 Å². The summed E-state index contributed by atoms with van der Waals surface area (Å²) in [4.78, 5) is 25.8. The van der Waals surface area contributed by atoms with Crippen LogP contribution in [-0.4, -0.2) is 34.8 Å². The minimum absolute atomic E-state index is 0.143. The number of hydrogen-bond acceptors (Lipinski definition) is 4. The third kappa shape index (κ3) is 2.71. The molecule has 4 rings (SSSR count). The van der Waals surface area contributed by atoms with Gasteiger partial charge in [0.05, 0.1) is 12.1 Å². The number of pyridine rings is 1. The van der Waals surface area contributed by atoms with Crippen molar-refractivity contribution in [3.63, 3.8) is 0 Å². The van der Waals surface area contributed by atoms with Gasteiger partial charge in [0, 0.05) is 18.2 Å². The number of rotatable bonds is 2. The van der Waals surface area contributed by atoms with Gasteiger partial charge in [-0.15, -0.1) is 0 Å². The second kappa shape index (κ2) is 6.87. The van der Waals surface area contributed by atoms with Gasteiger partial charge in [0.25, 0.3) is 11.5 Å². The Labute approximate surface area is 164 Å². The van der Waals surface area contributed by atoms with Gasteiger partial charge in [-0.25, -0.2) is 0 Å². The van der Waals surface area contributed by atoms with Crippen LogP contribution in [0.2, 0.25) is 0 Å². The second-order valence-electron chi connectivity index (χ2n) is 8.10. The maximum absolute atomic E-state index is 13.1. The summed E-state index contributed by atoms with van der Waals surface area (Å²) in [7, 11) is 1.66. The number of aryl methyl sites for hydroxylation is 2. The molecule has 1 aliphatic carbocycles. The topological polar surface area (TPSA) is 83.4 Å². The van der Waals surface area contributed by atoms with Crippen LogP contribution in [0.3, 0.4) is 0 Å². The molecule has 2 atom stereocenters. The number of nitrogens with one attached hydrogen (secondary N) is 2. The first-order chi connectivity index (χ1) is 13.4. The Balaban J connectivity index is 1.72. The highest BCUT2D eigenvalue weighted by molar-refractivity contribution is 5.95. The Bertz CT molecular complexity index is 989. The van der Waals surface area contributed by atoms with E-state index >= 15 is 0 Å². The molecule has 2 aliphatic rings. The first-order valence-electron chi connectivity index (χ1n) is 9.83. The lowest BCUT2D eigenvalue weighted by atomic mass is 9.72. The third-order valence-corrected chi connectivity index (χ3v) is 6.59. The largest absolute Gasteiger partial charge is 0.390 e. The van der Waals surface area contributed by atoms with Gasteiger partial charge in [-0.3, -0.25) is 9.59 Å².